The maximum Gasteiger partial charge on any atom is 0.338 e. The number of sulfonamides is 1. The van der Waals surface area contributed by atoms with E-state index in [-0.39, 0.29) is 37.5 Å². The van der Waals surface area contributed by atoms with E-state index < -0.39 is 34.3 Å². The molecule has 0 aromatic heterocycles. The van der Waals surface area contributed by atoms with Crippen molar-refractivity contribution < 1.29 is 27.1 Å². The Hall–Kier alpha value is -2.78. The summed E-state index contributed by atoms with van der Waals surface area (Å²) in [6.45, 7) is 0.370. The van der Waals surface area contributed by atoms with Crippen LogP contribution >= 0.6 is 0 Å². The lowest BCUT2D eigenvalue weighted by Crippen LogP contribution is -2.51. The van der Waals surface area contributed by atoms with E-state index in [1.807, 2.05) is 6.07 Å². The number of nitrogens with zero attached hydrogens (tertiary/aromatic N) is 2. The van der Waals surface area contributed by atoms with Gasteiger partial charge in [0, 0.05) is 26.2 Å². The van der Waals surface area contributed by atoms with Crippen LogP contribution in [0.2, 0.25) is 0 Å². The number of ether oxygens (including phenoxy) is 1. The number of carbonyl (C=O) groups excluding carboxylic acids is 2. The maximum atomic E-state index is 12.9. The van der Waals surface area contributed by atoms with Gasteiger partial charge < -0.3 is 9.64 Å². The molecule has 0 saturated carbocycles. The monoisotopic (exact) mass is 420 g/mol. The highest BCUT2D eigenvalue weighted by Gasteiger charge is 2.29. The molecule has 3 rings (SSSR count). The molecule has 2 aromatic rings. The Labute approximate surface area is 168 Å². The van der Waals surface area contributed by atoms with Crippen LogP contribution < -0.4 is 0 Å². The largest absolute Gasteiger partial charge is 0.452 e. The van der Waals surface area contributed by atoms with E-state index in [1.54, 1.807) is 24.3 Å². The molecule has 9 heteroatoms. The maximum absolute atomic E-state index is 12.9. The fraction of sp³-hybridized carbons (Fsp3) is 0.300. The van der Waals surface area contributed by atoms with Crippen LogP contribution in [0.5, 0.6) is 0 Å². The van der Waals surface area contributed by atoms with Gasteiger partial charge in [-0.25, -0.2) is 17.6 Å². The van der Waals surface area contributed by atoms with E-state index in [0.717, 1.165) is 12.1 Å². The fourth-order valence-corrected chi connectivity index (χ4v) is 4.50. The molecule has 1 fully saturated rings. The van der Waals surface area contributed by atoms with Crippen molar-refractivity contribution in [3.8, 4) is 0 Å². The molecule has 29 heavy (non-hydrogen) atoms. The Morgan fingerprint density at radius 2 is 1.55 bits per heavy atom. The van der Waals surface area contributed by atoms with E-state index in [9.17, 15) is 22.4 Å². The Morgan fingerprint density at radius 1 is 0.931 bits per heavy atom. The SMILES string of the molecule is O=C(OCC(=O)N1CCN(S(=O)(=O)Cc2ccccc2)CC1)c1ccc(F)cc1. The highest BCUT2D eigenvalue weighted by atomic mass is 32.2. The van der Waals surface area contributed by atoms with Gasteiger partial charge in [-0.05, 0) is 29.8 Å². The van der Waals surface area contributed by atoms with Gasteiger partial charge in [0.25, 0.3) is 5.91 Å². The molecule has 0 spiro atoms. The van der Waals surface area contributed by atoms with E-state index in [4.69, 9.17) is 4.74 Å². The zero-order valence-electron chi connectivity index (χ0n) is 15.7. The standard InChI is InChI=1S/C20H21FN2O5S/c21-18-8-6-17(7-9-18)20(25)28-14-19(24)22-10-12-23(13-11-22)29(26,27)15-16-4-2-1-3-5-16/h1-9H,10-15H2. The topological polar surface area (TPSA) is 84.0 Å². The summed E-state index contributed by atoms with van der Waals surface area (Å²) in [5.41, 5.74) is 0.856. The van der Waals surface area contributed by atoms with Crippen LogP contribution in [0.25, 0.3) is 0 Å². The predicted molar refractivity (Wildman–Crippen MR) is 104 cm³/mol. The number of carbonyl (C=O) groups is 2. The highest BCUT2D eigenvalue weighted by Crippen LogP contribution is 2.14. The summed E-state index contributed by atoms with van der Waals surface area (Å²) in [5, 5.41) is 0. The van der Waals surface area contributed by atoms with Gasteiger partial charge in [0.15, 0.2) is 6.61 Å². The van der Waals surface area contributed by atoms with Crippen LogP contribution in [0.15, 0.2) is 54.6 Å². The summed E-state index contributed by atoms with van der Waals surface area (Å²) in [6.07, 6.45) is 0. The van der Waals surface area contributed by atoms with Gasteiger partial charge in [-0.2, -0.15) is 4.31 Å². The molecule has 0 radical (unpaired) electrons. The number of piperazine rings is 1. The molecule has 2 aromatic carbocycles. The van der Waals surface area contributed by atoms with Crippen molar-refractivity contribution in [2.75, 3.05) is 32.8 Å². The molecule has 0 N–H and O–H groups in total. The van der Waals surface area contributed by atoms with Gasteiger partial charge >= 0.3 is 5.97 Å². The Kier molecular flexibility index (Phi) is 6.60. The number of hydrogen-bond donors (Lipinski definition) is 0. The van der Waals surface area contributed by atoms with Crippen LogP contribution in [0, 0.1) is 5.82 Å². The van der Waals surface area contributed by atoms with Crippen molar-refractivity contribution >= 4 is 21.9 Å². The smallest absolute Gasteiger partial charge is 0.338 e. The first kappa shape index (κ1) is 20.9. The molecule has 0 atom stereocenters. The van der Waals surface area contributed by atoms with Crippen molar-refractivity contribution in [1.82, 2.24) is 9.21 Å². The predicted octanol–water partition coefficient (Wildman–Crippen LogP) is 1.66. The molecule has 1 aliphatic rings. The van der Waals surface area contributed by atoms with Crippen molar-refractivity contribution in [3.63, 3.8) is 0 Å². The lowest BCUT2D eigenvalue weighted by molar-refractivity contribution is -0.135. The molecule has 1 amide bonds. The number of hydrogen-bond acceptors (Lipinski definition) is 5. The number of halogens is 1. The molecule has 0 unspecified atom stereocenters. The molecule has 7 nitrogen and oxygen atoms in total. The molecular weight excluding hydrogens is 399 g/mol. The first-order chi connectivity index (χ1) is 13.8. The molecule has 154 valence electrons. The minimum atomic E-state index is -3.47. The van der Waals surface area contributed by atoms with Crippen LogP contribution in [0.4, 0.5) is 4.39 Å². The third kappa shape index (κ3) is 5.61. The minimum Gasteiger partial charge on any atom is -0.452 e. The zero-order valence-corrected chi connectivity index (χ0v) is 16.5. The third-order valence-corrected chi connectivity index (χ3v) is 6.43. The molecule has 1 heterocycles. The minimum absolute atomic E-state index is 0.0862. The zero-order chi connectivity index (χ0) is 20.9. The molecule has 1 saturated heterocycles. The summed E-state index contributed by atoms with van der Waals surface area (Å²) in [5.74, 6) is -1.68. The number of rotatable bonds is 6. The number of benzene rings is 2. The van der Waals surface area contributed by atoms with Gasteiger partial charge in [-0.1, -0.05) is 30.3 Å². The molecular formula is C20H21FN2O5S. The number of esters is 1. The van der Waals surface area contributed by atoms with E-state index in [0.29, 0.717) is 5.56 Å². The summed E-state index contributed by atoms with van der Waals surface area (Å²) in [7, 11) is -3.47. The first-order valence-electron chi connectivity index (χ1n) is 9.07. The second kappa shape index (κ2) is 9.15. The average molecular weight is 420 g/mol. The second-order valence-electron chi connectivity index (χ2n) is 6.60. The lowest BCUT2D eigenvalue weighted by Gasteiger charge is -2.33. The van der Waals surface area contributed by atoms with Crippen LogP contribution in [-0.4, -0.2) is 62.3 Å². The van der Waals surface area contributed by atoms with E-state index in [2.05, 4.69) is 0 Å². The van der Waals surface area contributed by atoms with Gasteiger partial charge in [-0.15, -0.1) is 0 Å². The Bertz CT molecular complexity index is 956. The highest BCUT2D eigenvalue weighted by molar-refractivity contribution is 7.88. The summed E-state index contributed by atoms with van der Waals surface area (Å²) in [6, 6.07) is 13.7. The summed E-state index contributed by atoms with van der Waals surface area (Å²) in [4.78, 5) is 25.6. The summed E-state index contributed by atoms with van der Waals surface area (Å²) >= 11 is 0. The van der Waals surface area contributed by atoms with Crippen LogP contribution in [0.1, 0.15) is 15.9 Å². The average Bonchev–Trinajstić information content (AvgIpc) is 2.73. The van der Waals surface area contributed by atoms with Gasteiger partial charge in [0.1, 0.15) is 5.82 Å². The van der Waals surface area contributed by atoms with Gasteiger partial charge in [0.2, 0.25) is 10.0 Å². The molecule has 0 bridgehead atoms. The van der Waals surface area contributed by atoms with Crippen molar-refractivity contribution in [1.29, 1.82) is 0 Å². The first-order valence-corrected chi connectivity index (χ1v) is 10.7. The van der Waals surface area contributed by atoms with Crippen LogP contribution in [-0.2, 0) is 25.3 Å². The van der Waals surface area contributed by atoms with Crippen molar-refractivity contribution in [3.05, 3.63) is 71.5 Å². The lowest BCUT2D eigenvalue weighted by atomic mass is 10.2. The second-order valence-corrected chi connectivity index (χ2v) is 8.57. The third-order valence-electron chi connectivity index (χ3n) is 4.58. The van der Waals surface area contributed by atoms with E-state index in [1.165, 1.54) is 21.3 Å². The van der Waals surface area contributed by atoms with Crippen LogP contribution in [0.3, 0.4) is 0 Å². The molecule has 1 aliphatic heterocycles. The molecule has 0 aliphatic carbocycles. The normalized spacial score (nSPS) is 15.1. The Morgan fingerprint density at radius 3 is 2.17 bits per heavy atom. The van der Waals surface area contributed by atoms with Crippen molar-refractivity contribution in [2.24, 2.45) is 0 Å². The van der Waals surface area contributed by atoms with Gasteiger partial charge in [0.05, 0.1) is 11.3 Å². The fourth-order valence-electron chi connectivity index (χ4n) is 2.98. The Balaban J connectivity index is 1.47. The summed E-state index contributed by atoms with van der Waals surface area (Å²) < 4.78 is 44.3. The quantitative estimate of drug-likeness (QED) is 0.664. The van der Waals surface area contributed by atoms with E-state index >= 15 is 0 Å². The van der Waals surface area contributed by atoms with Crippen molar-refractivity contribution in [2.45, 2.75) is 5.75 Å². The number of amides is 1. The van der Waals surface area contributed by atoms with Gasteiger partial charge in [-0.3, -0.25) is 4.79 Å².